The molecular weight excluding hydrogens is 232 g/mol. The molecule has 1 saturated heterocycles. The van der Waals surface area contributed by atoms with Crippen molar-refractivity contribution in [3.05, 3.63) is 12.2 Å². The molecule has 0 aromatic heterocycles. The van der Waals surface area contributed by atoms with Crippen molar-refractivity contribution in [2.75, 3.05) is 26.2 Å². The minimum atomic E-state index is -0.797. The van der Waals surface area contributed by atoms with E-state index in [1.807, 2.05) is 9.80 Å². The standard InChI is InChI=1S/C13H20N2O3/c1-10(13(17)18)14-6-8-15(9-7-14)12(16)11-4-2-3-5-11/h2-3,10-11H,4-9H2,1H3,(H,17,18). The summed E-state index contributed by atoms with van der Waals surface area (Å²) in [5, 5.41) is 8.95. The third-order valence-corrected chi connectivity index (χ3v) is 3.89. The summed E-state index contributed by atoms with van der Waals surface area (Å²) in [7, 11) is 0. The Hall–Kier alpha value is -1.36. The average Bonchev–Trinajstić information content (AvgIpc) is 2.91. The minimum absolute atomic E-state index is 0.119. The summed E-state index contributed by atoms with van der Waals surface area (Å²) in [6.07, 6.45) is 5.83. The lowest BCUT2D eigenvalue weighted by molar-refractivity contribution is -0.144. The van der Waals surface area contributed by atoms with Crippen molar-refractivity contribution in [1.29, 1.82) is 0 Å². The molecule has 2 aliphatic rings. The van der Waals surface area contributed by atoms with E-state index < -0.39 is 12.0 Å². The van der Waals surface area contributed by atoms with Gasteiger partial charge in [0.15, 0.2) is 0 Å². The van der Waals surface area contributed by atoms with E-state index >= 15 is 0 Å². The van der Waals surface area contributed by atoms with E-state index in [4.69, 9.17) is 5.11 Å². The molecule has 0 radical (unpaired) electrons. The first kappa shape index (κ1) is 13.1. The number of carbonyl (C=O) groups excluding carboxylic acids is 1. The third-order valence-electron chi connectivity index (χ3n) is 3.89. The Kier molecular flexibility index (Phi) is 4.01. The quantitative estimate of drug-likeness (QED) is 0.746. The zero-order chi connectivity index (χ0) is 13.1. The molecule has 0 bridgehead atoms. The second kappa shape index (κ2) is 5.52. The molecule has 0 spiro atoms. The summed E-state index contributed by atoms with van der Waals surface area (Å²) < 4.78 is 0. The van der Waals surface area contributed by atoms with Gasteiger partial charge in [0.1, 0.15) is 6.04 Å². The van der Waals surface area contributed by atoms with Crippen molar-refractivity contribution in [2.45, 2.75) is 25.8 Å². The number of hydrogen-bond acceptors (Lipinski definition) is 3. The Bertz CT molecular complexity index is 351. The zero-order valence-corrected chi connectivity index (χ0v) is 10.7. The smallest absolute Gasteiger partial charge is 0.320 e. The van der Waals surface area contributed by atoms with E-state index in [1.165, 1.54) is 0 Å². The van der Waals surface area contributed by atoms with Crippen LogP contribution in [0.1, 0.15) is 19.8 Å². The van der Waals surface area contributed by atoms with E-state index in [1.54, 1.807) is 6.92 Å². The van der Waals surface area contributed by atoms with Crippen LogP contribution in [0.25, 0.3) is 0 Å². The first-order chi connectivity index (χ1) is 8.59. The number of carboxylic acids is 1. The lowest BCUT2D eigenvalue weighted by atomic mass is 10.1. The van der Waals surface area contributed by atoms with Crippen LogP contribution in [0.5, 0.6) is 0 Å². The number of carboxylic acid groups (broad SMARTS) is 1. The Morgan fingerprint density at radius 1 is 1.17 bits per heavy atom. The van der Waals surface area contributed by atoms with Crippen molar-refractivity contribution < 1.29 is 14.7 Å². The molecule has 2 rings (SSSR count). The summed E-state index contributed by atoms with van der Waals surface area (Å²) in [6.45, 7) is 4.29. The fourth-order valence-electron chi connectivity index (χ4n) is 2.56. The Morgan fingerprint density at radius 2 is 1.72 bits per heavy atom. The molecule has 100 valence electrons. The van der Waals surface area contributed by atoms with Crippen LogP contribution in [-0.2, 0) is 9.59 Å². The summed E-state index contributed by atoms with van der Waals surface area (Å²) in [4.78, 5) is 26.8. The van der Waals surface area contributed by atoms with Gasteiger partial charge in [-0.15, -0.1) is 0 Å². The predicted octanol–water partition coefficient (Wildman–Crippen LogP) is 0.570. The number of nitrogens with zero attached hydrogens (tertiary/aromatic N) is 2. The predicted molar refractivity (Wildman–Crippen MR) is 67.1 cm³/mol. The van der Waals surface area contributed by atoms with Gasteiger partial charge in [-0.25, -0.2) is 0 Å². The van der Waals surface area contributed by atoms with Crippen LogP contribution in [0.4, 0.5) is 0 Å². The van der Waals surface area contributed by atoms with Gasteiger partial charge in [0, 0.05) is 32.1 Å². The summed E-state index contributed by atoms with van der Waals surface area (Å²) in [6, 6.07) is -0.463. The molecule has 1 N–H and O–H groups in total. The van der Waals surface area contributed by atoms with Gasteiger partial charge in [0.05, 0.1) is 0 Å². The number of amides is 1. The van der Waals surface area contributed by atoms with Crippen LogP contribution in [0, 0.1) is 5.92 Å². The Labute approximate surface area is 107 Å². The van der Waals surface area contributed by atoms with Crippen molar-refractivity contribution in [3.63, 3.8) is 0 Å². The molecular formula is C13H20N2O3. The summed E-state index contributed by atoms with van der Waals surface area (Å²) in [5.41, 5.74) is 0. The molecule has 0 aromatic carbocycles. The lowest BCUT2D eigenvalue weighted by Gasteiger charge is -2.37. The van der Waals surface area contributed by atoms with E-state index in [-0.39, 0.29) is 11.8 Å². The maximum absolute atomic E-state index is 12.2. The summed E-state index contributed by atoms with van der Waals surface area (Å²) in [5.74, 6) is -0.453. The number of aliphatic carboxylic acids is 1. The first-order valence-corrected chi connectivity index (χ1v) is 6.50. The van der Waals surface area contributed by atoms with Gasteiger partial charge >= 0.3 is 5.97 Å². The highest BCUT2D eigenvalue weighted by molar-refractivity contribution is 5.80. The maximum Gasteiger partial charge on any atom is 0.320 e. The van der Waals surface area contributed by atoms with Gasteiger partial charge in [0.25, 0.3) is 0 Å². The first-order valence-electron chi connectivity index (χ1n) is 6.50. The molecule has 1 fully saturated rings. The van der Waals surface area contributed by atoms with Gasteiger partial charge in [-0.05, 0) is 19.8 Å². The van der Waals surface area contributed by atoms with Gasteiger partial charge in [-0.3, -0.25) is 14.5 Å². The minimum Gasteiger partial charge on any atom is -0.480 e. The van der Waals surface area contributed by atoms with Gasteiger partial charge in [-0.2, -0.15) is 0 Å². The SMILES string of the molecule is CC(C(=O)O)N1CCN(C(=O)C2CC=CC2)CC1. The summed E-state index contributed by atoms with van der Waals surface area (Å²) >= 11 is 0. The lowest BCUT2D eigenvalue weighted by Crippen LogP contribution is -2.54. The number of hydrogen-bond donors (Lipinski definition) is 1. The molecule has 5 heteroatoms. The fraction of sp³-hybridized carbons (Fsp3) is 0.692. The molecule has 1 atom stereocenters. The maximum atomic E-state index is 12.2. The van der Waals surface area contributed by atoms with E-state index in [2.05, 4.69) is 12.2 Å². The second-order valence-corrected chi connectivity index (χ2v) is 5.02. The van der Waals surface area contributed by atoms with Gasteiger partial charge in [-0.1, -0.05) is 12.2 Å². The zero-order valence-electron chi connectivity index (χ0n) is 10.7. The highest BCUT2D eigenvalue weighted by Gasteiger charge is 2.30. The molecule has 18 heavy (non-hydrogen) atoms. The van der Waals surface area contributed by atoms with Gasteiger partial charge in [0.2, 0.25) is 5.91 Å². The van der Waals surface area contributed by atoms with Crippen LogP contribution >= 0.6 is 0 Å². The van der Waals surface area contributed by atoms with Crippen LogP contribution < -0.4 is 0 Å². The van der Waals surface area contributed by atoms with Crippen LogP contribution in [0.2, 0.25) is 0 Å². The molecule has 1 amide bonds. The topological polar surface area (TPSA) is 60.9 Å². The van der Waals surface area contributed by atoms with E-state index in [9.17, 15) is 9.59 Å². The van der Waals surface area contributed by atoms with Crippen molar-refractivity contribution in [3.8, 4) is 0 Å². The van der Waals surface area contributed by atoms with E-state index in [0.29, 0.717) is 26.2 Å². The van der Waals surface area contributed by atoms with Crippen LogP contribution in [0.15, 0.2) is 12.2 Å². The molecule has 1 aliphatic heterocycles. The molecule has 0 aromatic rings. The van der Waals surface area contributed by atoms with Crippen molar-refractivity contribution in [1.82, 2.24) is 9.80 Å². The highest BCUT2D eigenvalue weighted by atomic mass is 16.4. The number of carbonyl (C=O) groups is 2. The monoisotopic (exact) mass is 252 g/mol. The van der Waals surface area contributed by atoms with Crippen molar-refractivity contribution >= 4 is 11.9 Å². The van der Waals surface area contributed by atoms with Crippen LogP contribution in [-0.4, -0.2) is 59.0 Å². The van der Waals surface area contributed by atoms with Crippen molar-refractivity contribution in [2.24, 2.45) is 5.92 Å². The largest absolute Gasteiger partial charge is 0.480 e. The average molecular weight is 252 g/mol. The molecule has 1 unspecified atom stereocenters. The number of allylic oxidation sites excluding steroid dienone is 2. The fourth-order valence-corrected chi connectivity index (χ4v) is 2.56. The molecule has 5 nitrogen and oxygen atoms in total. The van der Waals surface area contributed by atoms with Gasteiger partial charge < -0.3 is 10.0 Å². The third kappa shape index (κ3) is 2.72. The Balaban J connectivity index is 1.83. The Morgan fingerprint density at radius 3 is 2.22 bits per heavy atom. The van der Waals surface area contributed by atoms with E-state index in [0.717, 1.165) is 12.8 Å². The van der Waals surface area contributed by atoms with Crippen LogP contribution in [0.3, 0.4) is 0 Å². The second-order valence-electron chi connectivity index (χ2n) is 5.02. The highest BCUT2D eigenvalue weighted by Crippen LogP contribution is 2.21. The molecule has 1 heterocycles. The number of piperazine rings is 1. The molecule has 0 saturated carbocycles. The number of rotatable bonds is 3. The normalized spacial score (nSPS) is 23.3. The molecule has 1 aliphatic carbocycles.